The van der Waals surface area contributed by atoms with Gasteiger partial charge in [-0.2, -0.15) is 0 Å². The Balaban J connectivity index is 0.000000349. The number of carbonyl (C=O) groups is 3. The molecule has 3 aromatic rings. The molecule has 2 aromatic heterocycles. The van der Waals surface area contributed by atoms with E-state index in [1.807, 2.05) is 38.5 Å². The van der Waals surface area contributed by atoms with Gasteiger partial charge in [0.15, 0.2) is 5.60 Å². The Kier molecular flexibility index (Phi) is 10.9. The molecule has 4 N–H and O–H groups in total. The first-order chi connectivity index (χ1) is 18.2. The number of pyridine rings is 1. The molecule has 1 aromatic carbocycles. The van der Waals surface area contributed by atoms with Crippen molar-refractivity contribution in [2.75, 3.05) is 27.2 Å². The fraction of sp³-hybridized carbons (Fsp3) is 0.423. The van der Waals surface area contributed by atoms with Crippen molar-refractivity contribution in [1.82, 2.24) is 23.9 Å². The summed E-state index contributed by atoms with van der Waals surface area (Å²) in [7, 11) is 7.82. The number of aryl methyl sites for hydroxylation is 2. The van der Waals surface area contributed by atoms with Gasteiger partial charge in [-0.05, 0) is 43.9 Å². The number of likely N-dealkylation sites (N-methyl/N-ethyl adjacent to an activating group) is 1. The highest BCUT2D eigenvalue weighted by Gasteiger charge is 2.40. The molecule has 39 heavy (non-hydrogen) atoms. The Morgan fingerprint density at radius 3 is 2.03 bits per heavy atom. The number of fused-ring (bicyclic) bond motifs is 1. The molecule has 13 heteroatoms. The fourth-order valence-electron chi connectivity index (χ4n) is 3.90. The topological polar surface area (TPSA) is 178 Å². The summed E-state index contributed by atoms with van der Waals surface area (Å²) in [4.78, 5) is 51.7. The van der Waals surface area contributed by atoms with Crippen LogP contribution >= 0.6 is 0 Å². The third-order valence-corrected chi connectivity index (χ3v) is 6.00. The van der Waals surface area contributed by atoms with Crippen LogP contribution in [0.3, 0.4) is 0 Å². The zero-order chi connectivity index (χ0) is 29.3. The average molecular weight is 546 g/mol. The van der Waals surface area contributed by atoms with Gasteiger partial charge < -0.3 is 25.3 Å². The Bertz CT molecular complexity index is 1330. The molecule has 0 aliphatic rings. The largest absolute Gasteiger partial charge is 0.481 e. The standard InChI is InChI=1S/C20H27N5O.C6H8O7/c1-22(2)11-12-25(15-17-7-5-6-10-21-17)14-16-8-9-18-19(13-16)24(4)20(26)23(18)3;7-3(8)1-6(13,5(11)12)2-4(9)10/h5-10,13H,11-12,14-15H2,1-4H3;13H,1-2H2,(H,7,8)(H,9,10)(H,11,12). The number of imidazole rings is 1. The lowest BCUT2D eigenvalue weighted by atomic mass is 9.96. The number of hydrogen-bond donors (Lipinski definition) is 4. The molecule has 3 rings (SSSR count). The maximum absolute atomic E-state index is 12.1. The van der Waals surface area contributed by atoms with Crippen LogP contribution in [0.1, 0.15) is 24.1 Å². The Labute approximate surface area is 225 Å². The number of aliphatic carboxylic acids is 3. The minimum absolute atomic E-state index is 0.00935. The van der Waals surface area contributed by atoms with Gasteiger partial charge in [0.25, 0.3) is 0 Å². The van der Waals surface area contributed by atoms with E-state index in [9.17, 15) is 19.2 Å². The van der Waals surface area contributed by atoms with Crippen molar-refractivity contribution in [3.63, 3.8) is 0 Å². The number of aromatic nitrogens is 3. The summed E-state index contributed by atoms with van der Waals surface area (Å²) in [6.07, 6.45) is -0.450. The second-order valence-electron chi connectivity index (χ2n) is 9.54. The van der Waals surface area contributed by atoms with Gasteiger partial charge in [0.2, 0.25) is 0 Å². The molecular formula is C26H35N5O8. The normalized spacial score (nSPS) is 11.5. The number of carboxylic acid groups (broad SMARTS) is 3. The van der Waals surface area contributed by atoms with E-state index in [1.54, 1.807) is 9.13 Å². The predicted octanol–water partition coefficient (Wildman–Crippen LogP) is 0.587. The molecule has 0 fully saturated rings. The van der Waals surface area contributed by atoms with Crippen LogP contribution in [0, 0.1) is 0 Å². The van der Waals surface area contributed by atoms with Gasteiger partial charge in [-0.15, -0.1) is 0 Å². The molecule has 0 atom stereocenters. The zero-order valence-corrected chi connectivity index (χ0v) is 22.4. The first kappa shape index (κ1) is 31.1. The smallest absolute Gasteiger partial charge is 0.336 e. The minimum Gasteiger partial charge on any atom is -0.481 e. The summed E-state index contributed by atoms with van der Waals surface area (Å²) in [5.41, 5.74) is 1.48. The van der Waals surface area contributed by atoms with Gasteiger partial charge in [0, 0.05) is 46.5 Å². The van der Waals surface area contributed by atoms with Gasteiger partial charge in [-0.25, -0.2) is 9.59 Å². The van der Waals surface area contributed by atoms with Crippen molar-refractivity contribution in [2.45, 2.75) is 31.5 Å². The Morgan fingerprint density at radius 2 is 1.51 bits per heavy atom. The molecule has 0 unspecified atom stereocenters. The van der Waals surface area contributed by atoms with Gasteiger partial charge in [0.1, 0.15) is 0 Å². The van der Waals surface area contributed by atoms with E-state index >= 15 is 0 Å². The third kappa shape index (κ3) is 9.02. The van der Waals surface area contributed by atoms with Crippen LogP contribution in [-0.2, 0) is 41.6 Å². The maximum Gasteiger partial charge on any atom is 0.336 e. The molecule has 0 bridgehead atoms. The summed E-state index contributed by atoms with van der Waals surface area (Å²) in [5, 5.41) is 33.8. The monoisotopic (exact) mass is 545 g/mol. The first-order valence-corrected chi connectivity index (χ1v) is 12.0. The van der Waals surface area contributed by atoms with Crippen molar-refractivity contribution in [2.24, 2.45) is 14.1 Å². The van der Waals surface area contributed by atoms with E-state index in [1.165, 1.54) is 5.56 Å². The highest BCUT2D eigenvalue weighted by Crippen LogP contribution is 2.17. The summed E-state index contributed by atoms with van der Waals surface area (Å²) in [6.45, 7) is 3.57. The second kappa shape index (κ2) is 13.6. The van der Waals surface area contributed by atoms with Gasteiger partial charge in [-0.3, -0.25) is 28.6 Å². The van der Waals surface area contributed by atoms with E-state index in [0.717, 1.165) is 42.9 Å². The second-order valence-corrected chi connectivity index (χ2v) is 9.54. The first-order valence-electron chi connectivity index (χ1n) is 12.0. The van der Waals surface area contributed by atoms with Crippen LogP contribution in [0.2, 0.25) is 0 Å². The maximum atomic E-state index is 12.1. The van der Waals surface area contributed by atoms with Crippen LogP contribution in [0.4, 0.5) is 0 Å². The molecular weight excluding hydrogens is 510 g/mol. The molecule has 0 aliphatic carbocycles. The lowest BCUT2D eigenvalue weighted by Crippen LogP contribution is -2.42. The quantitative estimate of drug-likeness (QED) is 0.250. The van der Waals surface area contributed by atoms with Gasteiger partial charge >= 0.3 is 23.6 Å². The van der Waals surface area contributed by atoms with Crippen molar-refractivity contribution in [3.8, 4) is 0 Å². The number of hydrogen-bond acceptors (Lipinski definition) is 8. The summed E-state index contributed by atoms with van der Waals surface area (Å²) < 4.78 is 3.40. The molecule has 0 aliphatic heterocycles. The lowest BCUT2D eigenvalue weighted by molar-refractivity contribution is -0.170. The minimum atomic E-state index is -2.74. The Morgan fingerprint density at radius 1 is 0.897 bits per heavy atom. The molecule has 0 amide bonds. The van der Waals surface area contributed by atoms with Gasteiger partial charge in [0.05, 0.1) is 29.6 Å². The van der Waals surface area contributed by atoms with Crippen molar-refractivity contribution < 1.29 is 34.8 Å². The number of aliphatic hydroxyl groups is 1. The van der Waals surface area contributed by atoms with E-state index in [0.29, 0.717) is 0 Å². The third-order valence-electron chi connectivity index (χ3n) is 6.00. The van der Waals surface area contributed by atoms with Gasteiger partial charge in [-0.1, -0.05) is 12.1 Å². The zero-order valence-electron chi connectivity index (χ0n) is 22.4. The summed E-state index contributed by atoms with van der Waals surface area (Å²) >= 11 is 0. The van der Waals surface area contributed by atoms with Crippen LogP contribution in [0.15, 0.2) is 47.4 Å². The predicted molar refractivity (Wildman–Crippen MR) is 142 cm³/mol. The van der Waals surface area contributed by atoms with E-state index in [-0.39, 0.29) is 5.69 Å². The number of rotatable bonds is 12. The molecule has 2 heterocycles. The van der Waals surface area contributed by atoms with E-state index < -0.39 is 36.4 Å². The molecule has 13 nitrogen and oxygen atoms in total. The summed E-state index contributed by atoms with van der Waals surface area (Å²) in [6, 6.07) is 12.3. The van der Waals surface area contributed by atoms with Crippen molar-refractivity contribution >= 4 is 28.9 Å². The number of nitrogens with zero attached hydrogens (tertiary/aromatic N) is 5. The van der Waals surface area contributed by atoms with Crippen LogP contribution < -0.4 is 5.69 Å². The van der Waals surface area contributed by atoms with Crippen LogP contribution in [0.5, 0.6) is 0 Å². The highest BCUT2D eigenvalue weighted by atomic mass is 16.4. The highest BCUT2D eigenvalue weighted by molar-refractivity contribution is 5.88. The molecule has 0 spiro atoms. The Hall–Kier alpha value is -4.07. The van der Waals surface area contributed by atoms with Crippen LogP contribution in [-0.4, -0.2) is 95.0 Å². The van der Waals surface area contributed by atoms with E-state index in [2.05, 4.69) is 47.1 Å². The van der Waals surface area contributed by atoms with Crippen molar-refractivity contribution in [3.05, 3.63) is 64.3 Å². The molecule has 0 radical (unpaired) electrons. The fourth-order valence-corrected chi connectivity index (χ4v) is 3.90. The molecule has 0 saturated heterocycles. The molecule has 0 saturated carbocycles. The number of carboxylic acids is 3. The molecule has 212 valence electrons. The van der Waals surface area contributed by atoms with Crippen molar-refractivity contribution in [1.29, 1.82) is 0 Å². The lowest BCUT2D eigenvalue weighted by Gasteiger charge is -2.24. The average Bonchev–Trinajstić information content (AvgIpc) is 3.06. The SMILES string of the molecule is CN(C)CCN(Cc1ccc2c(c1)n(C)c(=O)n2C)Cc1ccccn1.O=C(O)CC(O)(CC(=O)O)C(=O)O. The summed E-state index contributed by atoms with van der Waals surface area (Å²) in [5.74, 6) is -5.02. The van der Waals surface area contributed by atoms with E-state index in [4.69, 9.17) is 20.4 Å². The van der Waals surface area contributed by atoms with Crippen LogP contribution in [0.25, 0.3) is 11.0 Å². The number of benzene rings is 1.